The number of carbonyl (C=O) groups excluding carboxylic acids is 2. The summed E-state index contributed by atoms with van der Waals surface area (Å²) in [5, 5.41) is 16.0. The third kappa shape index (κ3) is 2.38. The Balaban J connectivity index is 1.80. The largest absolute Gasteiger partial charge is 0.374 e. The average Bonchev–Trinajstić information content (AvgIpc) is 3.01. The first-order chi connectivity index (χ1) is 13.9. The van der Waals surface area contributed by atoms with Crippen molar-refractivity contribution in [3.63, 3.8) is 0 Å². The van der Waals surface area contributed by atoms with Crippen molar-refractivity contribution in [1.82, 2.24) is 10.2 Å². The number of nitrogens with one attached hydrogen (secondary N) is 1. The lowest BCUT2D eigenvalue weighted by Crippen LogP contribution is -2.42. The molecule has 1 fully saturated rings. The smallest absolute Gasteiger partial charge is 0.196 e. The lowest BCUT2D eigenvalue weighted by Gasteiger charge is -2.37. The summed E-state index contributed by atoms with van der Waals surface area (Å²) in [6.45, 7) is 3.05. The van der Waals surface area contributed by atoms with Gasteiger partial charge in [0.05, 0.1) is 11.3 Å². The Morgan fingerprint density at radius 1 is 1.17 bits per heavy atom. The Labute approximate surface area is 173 Å². The summed E-state index contributed by atoms with van der Waals surface area (Å²) in [6, 6.07) is 13.6. The Bertz CT molecular complexity index is 1130. The maximum Gasteiger partial charge on any atom is 0.196 e. The normalized spacial score (nSPS) is 22.9. The molecule has 5 rings (SSSR count). The van der Waals surface area contributed by atoms with E-state index in [0.29, 0.717) is 51.9 Å². The van der Waals surface area contributed by atoms with Gasteiger partial charge in [-0.15, -0.1) is 0 Å². The first-order valence-corrected chi connectivity index (χ1v) is 9.96. The van der Waals surface area contributed by atoms with E-state index in [9.17, 15) is 14.7 Å². The first-order valence-electron chi connectivity index (χ1n) is 9.59. The van der Waals surface area contributed by atoms with Crippen LogP contribution in [-0.4, -0.2) is 34.7 Å². The first kappa shape index (κ1) is 18.2. The van der Waals surface area contributed by atoms with Crippen LogP contribution < -0.4 is 5.32 Å². The van der Waals surface area contributed by atoms with Gasteiger partial charge in [0.1, 0.15) is 5.82 Å². The van der Waals surface area contributed by atoms with Crippen LogP contribution in [0.4, 0.5) is 0 Å². The van der Waals surface area contributed by atoms with Gasteiger partial charge in [-0.2, -0.15) is 0 Å². The molecule has 0 saturated carbocycles. The number of rotatable bonds is 2. The van der Waals surface area contributed by atoms with Crippen molar-refractivity contribution in [3.05, 3.63) is 92.9 Å². The Kier molecular flexibility index (Phi) is 3.95. The lowest BCUT2D eigenvalue weighted by atomic mass is 9.73. The van der Waals surface area contributed by atoms with E-state index in [4.69, 9.17) is 11.6 Å². The Morgan fingerprint density at radius 3 is 2.66 bits per heavy atom. The molecule has 0 radical (unpaired) electrons. The number of carbonyl (C=O) groups is 2. The van der Waals surface area contributed by atoms with E-state index in [1.807, 2.05) is 4.90 Å². The molecule has 2 heterocycles. The minimum Gasteiger partial charge on any atom is -0.374 e. The van der Waals surface area contributed by atoms with Crippen LogP contribution >= 0.6 is 11.6 Å². The second-order valence-electron chi connectivity index (χ2n) is 7.55. The van der Waals surface area contributed by atoms with E-state index >= 15 is 0 Å². The number of nitrogens with zero attached hydrogens (tertiary/aromatic N) is 1. The highest BCUT2D eigenvalue weighted by Gasteiger charge is 2.57. The minimum atomic E-state index is -1.68. The molecule has 2 aromatic rings. The fourth-order valence-electron chi connectivity index (χ4n) is 4.64. The van der Waals surface area contributed by atoms with Crippen LogP contribution in [-0.2, 0) is 5.60 Å². The monoisotopic (exact) mass is 406 g/mol. The summed E-state index contributed by atoms with van der Waals surface area (Å²) in [6.07, 6.45) is 0.842. The number of ketones is 2. The zero-order valence-corrected chi connectivity index (χ0v) is 16.6. The molecule has 1 aliphatic carbocycles. The molecule has 2 aromatic carbocycles. The summed E-state index contributed by atoms with van der Waals surface area (Å²) in [7, 11) is 0. The molecule has 146 valence electrons. The van der Waals surface area contributed by atoms with Crippen LogP contribution in [0.1, 0.15) is 39.6 Å². The standard InChI is InChI=1S/C23H19ClN2O3/c1-13-19(27)16-5-2-3-6-17(16)23(29)18(20(28)14-7-9-15(24)10-8-14)22-25-11-4-12-26(22)21(13)23/h2-3,5-10,25,29H,4,11-12H2,1H3. The van der Waals surface area contributed by atoms with E-state index < -0.39 is 5.60 Å². The van der Waals surface area contributed by atoms with Gasteiger partial charge in [-0.3, -0.25) is 9.59 Å². The molecular weight excluding hydrogens is 388 g/mol. The summed E-state index contributed by atoms with van der Waals surface area (Å²) in [4.78, 5) is 28.6. The molecule has 0 spiro atoms. The number of Topliss-reactive ketones (excluding diaryl/α,β-unsaturated/α-hetero) is 2. The molecule has 6 heteroatoms. The van der Waals surface area contributed by atoms with Gasteiger partial charge < -0.3 is 15.3 Å². The number of allylic oxidation sites excluding steroid dienone is 1. The number of benzene rings is 2. The fraction of sp³-hybridized carbons (Fsp3) is 0.217. The zero-order chi connectivity index (χ0) is 20.3. The number of hydrogen-bond acceptors (Lipinski definition) is 5. The van der Waals surface area contributed by atoms with Gasteiger partial charge in [0.2, 0.25) is 0 Å². The molecule has 1 atom stereocenters. The molecule has 3 aliphatic rings. The van der Waals surface area contributed by atoms with Crippen molar-refractivity contribution < 1.29 is 14.7 Å². The lowest BCUT2D eigenvalue weighted by molar-refractivity contribution is 0.0764. The second-order valence-corrected chi connectivity index (χ2v) is 7.99. The molecule has 0 aromatic heterocycles. The second kappa shape index (κ2) is 6.31. The predicted octanol–water partition coefficient (Wildman–Crippen LogP) is 3.40. The molecule has 0 amide bonds. The molecule has 5 nitrogen and oxygen atoms in total. The molecule has 2 N–H and O–H groups in total. The quantitative estimate of drug-likeness (QED) is 0.748. The van der Waals surface area contributed by atoms with Gasteiger partial charge in [-0.1, -0.05) is 35.9 Å². The van der Waals surface area contributed by atoms with E-state index in [-0.39, 0.29) is 17.1 Å². The predicted molar refractivity (Wildman–Crippen MR) is 110 cm³/mol. The van der Waals surface area contributed by atoms with Crippen molar-refractivity contribution in [2.24, 2.45) is 0 Å². The minimum absolute atomic E-state index is 0.120. The zero-order valence-electron chi connectivity index (χ0n) is 15.8. The Hall–Kier alpha value is -2.89. The van der Waals surface area contributed by atoms with Crippen molar-refractivity contribution in [3.8, 4) is 0 Å². The van der Waals surface area contributed by atoms with Crippen LogP contribution in [0.5, 0.6) is 0 Å². The molecule has 0 bridgehead atoms. The van der Waals surface area contributed by atoms with Crippen LogP contribution in [0.2, 0.25) is 5.02 Å². The van der Waals surface area contributed by atoms with Gasteiger partial charge >= 0.3 is 0 Å². The highest BCUT2D eigenvalue weighted by Crippen LogP contribution is 2.53. The van der Waals surface area contributed by atoms with Gasteiger partial charge in [-0.05, 0) is 37.6 Å². The van der Waals surface area contributed by atoms with Gasteiger partial charge in [0, 0.05) is 40.4 Å². The van der Waals surface area contributed by atoms with Crippen LogP contribution in [0, 0.1) is 0 Å². The van der Waals surface area contributed by atoms with Gasteiger partial charge in [-0.25, -0.2) is 0 Å². The summed E-state index contributed by atoms with van der Waals surface area (Å²) < 4.78 is 0. The molecule has 2 aliphatic heterocycles. The SMILES string of the molecule is CC1=C2N3CCCNC3=C(C(=O)c3ccc(Cl)cc3)C2(O)c2ccccc2C1=O. The molecule has 1 saturated heterocycles. The number of aliphatic hydroxyl groups is 1. The van der Waals surface area contributed by atoms with Crippen molar-refractivity contribution >= 4 is 23.2 Å². The Morgan fingerprint density at radius 2 is 1.90 bits per heavy atom. The highest BCUT2D eigenvalue weighted by molar-refractivity contribution is 6.30. The average molecular weight is 407 g/mol. The van der Waals surface area contributed by atoms with E-state index in [1.165, 1.54) is 0 Å². The van der Waals surface area contributed by atoms with Crippen molar-refractivity contribution in [1.29, 1.82) is 0 Å². The summed E-state index contributed by atoms with van der Waals surface area (Å²) in [5.74, 6) is 0.175. The summed E-state index contributed by atoms with van der Waals surface area (Å²) >= 11 is 5.99. The van der Waals surface area contributed by atoms with Crippen LogP contribution in [0.25, 0.3) is 0 Å². The fourth-order valence-corrected chi connectivity index (χ4v) is 4.77. The van der Waals surface area contributed by atoms with Crippen LogP contribution in [0.3, 0.4) is 0 Å². The van der Waals surface area contributed by atoms with E-state index in [0.717, 1.165) is 6.42 Å². The number of hydrogen-bond donors (Lipinski definition) is 2. The van der Waals surface area contributed by atoms with E-state index in [2.05, 4.69) is 5.32 Å². The van der Waals surface area contributed by atoms with Gasteiger partial charge in [0.25, 0.3) is 0 Å². The third-order valence-electron chi connectivity index (χ3n) is 5.92. The molecule has 1 unspecified atom stereocenters. The van der Waals surface area contributed by atoms with E-state index in [1.54, 1.807) is 55.5 Å². The topological polar surface area (TPSA) is 69.6 Å². The number of fused-ring (bicyclic) bond motifs is 5. The van der Waals surface area contributed by atoms with Crippen LogP contribution in [0.15, 0.2) is 71.2 Å². The highest BCUT2D eigenvalue weighted by atomic mass is 35.5. The maximum absolute atomic E-state index is 13.6. The third-order valence-corrected chi connectivity index (χ3v) is 6.17. The summed E-state index contributed by atoms with van der Waals surface area (Å²) in [5.41, 5.74) is 0.842. The van der Waals surface area contributed by atoms with Crippen molar-refractivity contribution in [2.45, 2.75) is 18.9 Å². The molecule has 29 heavy (non-hydrogen) atoms. The van der Waals surface area contributed by atoms with Gasteiger partial charge in [0.15, 0.2) is 17.2 Å². The van der Waals surface area contributed by atoms with Crippen molar-refractivity contribution in [2.75, 3.05) is 13.1 Å². The number of halogens is 1. The maximum atomic E-state index is 13.6. The molecular formula is C23H19ClN2O3.